The lowest BCUT2D eigenvalue weighted by Gasteiger charge is -2.28. The van der Waals surface area contributed by atoms with Crippen molar-refractivity contribution in [1.82, 2.24) is 4.98 Å². The van der Waals surface area contributed by atoms with Crippen LogP contribution >= 0.6 is 11.6 Å². The lowest BCUT2D eigenvalue weighted by molar-refractivity contribution is 0.467. The zero-order valence-electron chi connectivity index (χ0n) is 8.42. The van der Waals surface area contributed by atoms with Crippen molar-refractivity contribution in [3.05, 3.63) is 24.3 Å². The molecule has 2 unspecified atom stereocenters. The Balaban J connectivity index is 2.04. The fraction of sp³-hybridized carbons (Fsp3) is 0.545. The van der Waals surface area contributed by atoms with Crippen LogP contribution in [0.3, 0.4) is 0 Å². The summed E-state index contributed by atoms with van der Waals surface area (Å²) in [5, 5.41) is 3.26. The first-order valence-corrected chi connectivity index (χ1v) is 5.71. The lowest BCUT2D eigenvalue weighted by atomic mass is 9.95. The van der Waals surface area contributed by atoms with Gasteiger partial charge in [-0.15, -0.1) is 11.6 Å². The summed E-state index contributed by atoms with van der Waals surface area (Å²) in [7, 11) is 0. The number of hydrogen-bond donors (Lipinski definition) is 1. The van der Waals surface area contributed by atoms with Crippen LogP contribution in [0.2, 0.25) is 0 Å². The number of anilines is 1. The van der Waals surface area contributed by atoms with E-state index in [-0.39, 0.29) is 17.2 Å². The third-order valence-electron chi connectivity index (χ3n) is 2.79. The van der Waals surface area contributed by atoms with E-state index in [1.807, 2.05) is 0 Å². The molecule has 1 saturated carbocycles. The van der Waals surface area contributed by atoms with Gasteiger partial charge in [-0.25, -0.2) is 4.39 Å². The highest BCUT2D eigenvalue weighted by Gasteiger charge is 2.23. The molecule has 15 heavy (non-hydrogen) atoms. The second kappa shape index (κ2) is 4.79. The molecule has 1 aromatic heterocycles. The second-order valence-electron chi connectivity index (χ2n) is 3.91. The molecule has 2 nitrogen and oxygen atoms in total. The Labute approximate surface area is 93.9 Å². The third-order valence-corrected chi connectivity index (χ3v) is 3.32. The van der Waals surface area contributed by atoms with Gasteiger partial charge in [-0.2, -0.15) is 0 Å². The van der Waals surface area contributed by atoms with Gasteiger partial charge in [-0.05, 0) is 18.9 Å². The molecule has 82 valence electrons. The van der Waals surface area contributed by atoms with E-state index in [4.69, 9.17) is 11.6 Å². The number of halogens is 2. The summed E-state index contributed by atoms with van der Waals surface area (Å²) in [5.41, 5.74) is 0.502. The van der Waals surface area contributed by atoms with Crippen molar-refractivity contribution >= 4 is 17.3 Å². The van der Waals surface area contributed by atoms with Gasteiger partial charge in [0, 0.05) is 12.2 Å². The minimum Gasteiger partial charge on any atom is -0.378 e. The molecule has 4 heteroatoms. The molecule has 0 amide bonds. The Morgan fingerprint density at radius 1 is 1.40 bits per heavy atom. The molecule has 1 fully saturated rings. The maximum Gasteiger partial charge on any atom is 0.164 e. The number of pyridine rings is 1. The van der Waals surface area contributed by atoms with Crippen LogP contribution in [0.25, 0.3) is 0 Å². The number of alkyl halides is 1. The molecule has 1 aliphatic carbocycles. The van der Waals surface area contributed by atoms with Crippen molar-refractivity contribution in [2.45, 2.75) is 37.1 Å². The summed E-state index contributed by atoms with van der Waals surface area (Å²) in [5.74, 6) is -0.313. The van der Waals surface area contributed by atoms with Gasteiger partial charge >= 0.3 is 0 Å². The maximum atomic E-state index is 13.3. The van der Waals surface area contributed by atoms with Gasteiger partial charge < -0.3 is 5.32 Å². The Morgan fingerprint density at radius 2 is 2.20 bits per heavy atom. The SMILES string of the molecule is Fc1cnccc1NC1CCCCC1Cl. The molecule has 0 aromatic carbocycles. The molecule has 1 heterocycles. The van der Waals surface area contributed by atoms with Crippen molar-refractivity contribution in [1.29, 1.82) is 0 Å². The third kappa shape index (κ3) is 2.59. The molecular weight excluding hydrogens is 215 g/mol. The maximum absolute atomic E-state index is 13.3. The van der Waals surface area contributed by atoms with E-state index in [2.05, 4.69) is 10.3 Å². The highest BCUT2D eigenvalue weighted by atomic mass is 35.5. The van der Waals surface area contributed by atoms with Gasteiger partial charge in [-0.1, -0.05) is 12.8 Å². The monoisotopic (exact) mass is 228 g/mol. The standard InChI is InChI=1S/C11H14ClFN2/c12-8-3-1-2-4-10(8)15-11-5-6-14-7-9(11)13/h5-8,10H,1-4H2,(H,14,15). The average molecular weight is 229 g/mol. The summed E-state index contributed by atoms with van der Waals surface area (Å²) in [6.07, 6.45) is 7.15. The van der Waals surface area contributed by atoms with Crippen molar-refractivity contribution in [2.75, 3.05) is 5.32 Å². The van der Waals surface area contributed by atoms with E-state index in [9.17, 15) is 4.39 Å². The van der Waals surface area contributed by atoms with Crippen LogP contribution in [0.15, 0.2) is 18.5 Å². The van der Waals surface area contributed by atoms with Gasteiger partial charge in [-0.3, -0.25) is 4.98 Å². The molecule has 1 N–H and O–H groups in total. The topological polar surface area (TPSA) is 24.9 Å². The van der Waals surface area contributed by atoms with E-state index in [1.54, 1.807) is 12.3 Å². The molecular formula is C11H14ClFN2. The van der Waals surface area contributed by atoms with E-state index in [1.165, 1.54) is 12.6 Å². The number of hydrogen-bond acceptors (Lipinski definition) is 2. The Morgan fingerprint density at radius 3 is 2.93 bits per heavy atom. The predicted molar refractivity (Wildman–Crippen MR) is 59.7 cm³/mol. The van der Waals surface area contributed by atoms with Crippen LogP contribution in [0.4, 0.5) is 10.1 Å². The minimum atomic E-state index is -0.313. The number of nitrogens with one attached hydrogen (secondary N) is 1. The largest absolute Gasteiger partial charge is 0.378 e. The van der Waals surface area contributed by atoms with Gasteiger partial charge in [0.15, 0.2) is 5.82 Å². The molecule has 2 atom stereocenters. The Kier molecular flexibility index (Phi) is 3.41. The smallest absolute Gasteiger partial charge is 0.164 e. The van der Waals surface area contributed by atoms with Crippen LogP contribution in [0.1, 0.15) is 25.7 Å². The summed E-state index contributed by atoms with van der Waals surface area (Å²) >= 11 is 6.18. The normalized spacial score (nSPS) is 26.3. The fourth-order valence-electron chi connectivity index (χ4n) is 1.94. The van der Waals surface area contributed by atoms with Crippen molar-refractivity contribution in [3.63, 3.8) is 0 Å². The molecule has 0 aliphatic heterocycles. The number of rotatable bonds is 2. The molecule has 0 bridgehead atoms. The van der Waals surface area contributed by atoms with Crippen LogP contribution in [0, 0.1) is 5.82 Å². The van der Waals surface area contributed by atoms with Crippen molar-refractivity contribution < 1.29 is 4.39 Å². The number of nitrogens with zero attached hydrogens (tertiary/aromatic N) is 1. The highest BCUT2D eigenvalue weighted by molar-refractivity contribution is 6.21. The molecule has 0 radical (unpaired) electrons. The molecule has 0 spiro atoms. The summed E-state index contributed by atoms with van der Waals surface area (Å²) in [4.78, 5) is 3.71. The van der Waals surface area contributed by atoms with Crippen LogP contribution in [-0.4, -0.2) is 16.4 Å². The van der Waals surface area contributed by atoms with Gasteiger partial charge in [0.25, 0.3) is 0 Å². The lowest BCUT2D eigenvalue weighted by Crippen LogP contribution is -2.33. The quantitative estimate of drug-likeness (QED) is 0.787. The molecule has 0 saturated heterocycles. The highest BCUT2D eigenvalue weighted by Crippen LogP contribution is 2.26. The van der Waals surface area contributed by atoms with E-state index in [0.717, 1.165) is 19.3 Å². The van der Waals surface area contributed by atoms with Gasteiger partial charge in [0.2, 0.25) is 0 Å². The first kappa shape index (κ1) is 10.7. The average Bonchev–Trinajstić information content (AvgIpc) is 2.24. The Hall–Kier alpha value is -0.830. The zero-order chi connectivity index (χ0) is 10.7. The molecule has 1 aromatic rings. The number of aromatic nitrogens is 1. The van der Waals surface area contributed by atoms with Crippen LogP contribution in [0.5, 0.6) is 0 Å². The minimum absolute atomic E-state index is 0.103. The molecule has 1 aliphatic rings. The van der Waals surface area contributed by atoms with Gasteiger partial charge in [0.1, 0.15) is 0 Å². The predicted octanol–water partition coefficient (Wildman–Crippen LogP) is 3.18. The van der Waals surface area contributed by atoms with E-state index < -0.39 is 0 Å². The van der Waals surface area contributed by atoms with Gasteiger partial charge in [0.05, 0.1) is 17.3 Å². The second-order valence-corrected chi connectivity index (χ2v) is 4.47. The van der Waals surface area contributed by atoms with Crippen molar-refractivity contribution in [2.24, 2.45) is 0 Å². The molecule has 2 rings (SSSR count). The van der Waals surface area contributed by atoms with E-state index in [0.29, 0.717) is 5.69 Å². The summed E-state index contributed by atoms with van der Waals surface area (Å²) in [6.45, 7) is 0. The Bertz CT molecular complexity index is 332. The van der Waals surface area contributed by atoms with Crippen LogP contribution in [-0.2, 0) is 0 Å². The van der Waals surface area contributed by atoms with E-state index >= 15 is 0 Å². The summed E-state index contributed by atoms with van der Waals surface area (Å²) in [6, 6.07) is 1.82. The van der Waals surface area contributed by atoms with Crippen LogP contribution < -0.4 is 5.32 Å². The fourth-order valence-corrected chi connectivity index (χ4v) is 2.28. The zero-order valence-corrected chi connectivity index (χ0v) is 9.17. The first-order valence-electron chi connectivity index (χ1n) is 5.27. The van der Waals surface area contributed by atoms with Crippen molar-refractivity contribution in [3.8, 4) is 0 Å². The summed E-state index contributed by atoms with van der Waals surface area (Å²) < 4.78 is 13.3. The first-order chi connectivity index (χ1) is 7.27.